The number of methoxy groups -OCH3 is 1. The molecule has 1 aliphatic rings. The van der Waals surface area contributed by atoms with Crippen LogP contribution in [0.3, 0.4) is 0 Å². The number of piperidine rings is 1. The van der Waals surface area contributed by atoms with Crippen LogP contribution in [0.5, 0.6) is 0 Å². The van der Waals surface area contributed by atoms with Crippen LogP contribution in [0.25, 0.3) is 0 Å². The van der Waals surface area contributed by atoms with Crippen molar-refractivity contribution >= 4 is 6.09 Å². The van der Waals surface area contributed by atoms with E-state index in [9.17, 15) is 4.79 Å². The first kappa shape index (κ1) is 9.28. The summed E-state index contributed by atoms with van der Waals surface area (Å²) in [6.07, 6.45) is -0.239. The van der Waals surface area contributed by atoms with Crippen LogP contribution in [0, 0.1) is 0 Å². The molecule has 1 heterocycles. The van der Waals surface area contributed by atoms with E-state index in [1.54, 1.807) is 7.11 Å². The molecule has 0 unspecified atom stereocenters. The lowest BCUT2D eigenvalue weighted by Crippen LogP contribution is -2.51. The summed E-state index contributed by atoms with van der Waals surface area (Å²) in [5.41, 5.74) is 5.64. The number of nitrogens with two attached hydrogens (primary N) is 1. The molecule has 0 radical (unpaired) electrons. The van der Waals surface area contributed by atoms with Crippen LogP contribution in [0.1, 0.15) is 6.42 Å². The highest BCUT2D eigenvalue weighted by molar-refractivity contribution is 5.65. The van der Waals surface area contributed by atoms with E-state index in [2.05, 4.69) is 0 Å². The van der Waals surface area contributed by atoms with E-state index in [-0.39, 0.29) is 12.1 Å². The maximum absolute atomic E-state index is 10.6. The van der Waals surface area contributed by atoms with E-state index in [0.717, 1.165) is 6.42 Å². The van der Waals surface area contributed by atoms with Crippen LogP contribution in [0.2, 0.25) is 0 Å². The van der Waals surface area contributed by atoms with Crippen LogP contribution >= 0.6 is 0 Å². The Morgan fingerprint density at radius 3 is 2.83 bits per heavy atom. The molecule has 0 aromatic heterocycles. The second-order valence-electron chi connectivity index (χ2n) is 3.04. The minimum atomic E-state index is -0.924. The molecule has 5 nitrogen and oxygen atoms in total. The quantitative estimate of drug-likeness (QED) is 0.573. The molecule has 0 bridgehead atoms. The Bertz CT molecular complexity index is 174. The van der Waals surface area contributed by atoms with E-state index in [1.807, 2.05) is 0 Å². The van der Waals surface area contributed by atoms with Crippen molar-refractivity contribution < 1.29 is 14.6 Å². The van der Waals surface area contributed by atoms with E-state index in [4.69, 9.17) is 15.6 Å². The number of hydrogen-bond donors (Lipinski definition) is 2. The van der Waals surface area contributed by atoms with Gasteiger partial charge >= 0.3 is 6.09 Å². The summed E-state index contributed by atoms with van der Waals surface area (Å²) < 4.78 is 5.06. The summed E-state index contributed by atoms with van der Waals surface area (Å²) >= 11 is 0. The molecule has 1 rings (SSSR count). The molecule has 1 saturated heterocycles. The fraction of sp³-hybridized carbons (Fsp3) is 0.857. The van der Waals surface area contributed by atoms with Gasteiger partial charge in [0.1, 0.15) is 0 Å². The van der Waals surface area contributed by atoms with E-state index in [1.165, 1.54) is 4.90 Å². The lowest BCUT2D eigenvalue weighted by molar-refractivity contribution is 0.0260. The molecule has 1 aliphatic heterocycles. The molecule has 1 fully saturated rings. The number of nitrogens with zero attached hydrogens (tertiary/aromatic N) is 1. The van der Waals surface area contributed by atoms with Gasteiger partial charge in [0.2, 0.25) is 0 Å². The number of likely N-dealkylation sites (tertiary alicyclic amines) is 1. The summed E-state index contributed by atoms with van der Waals surface area (Å²) in [4.78, 5) is 11.9. The highest BCUT2D eigenvalue weighted by Crippen LogP contribution is 2.11. The minimum Gasteiger partial charge on any atom is -0.465 e. The Labute approximate surface area is 71.1 Å². The SMILES string of the molecule is CO[C@H]1C[C@@H](N)CN(C(=O)O)C1. The summed E-state index contributed by atoms with van der Waals surface area (Å²) in [7, 11) is 1.57. The fourth-order valence-corrected chi connectivity index (χ4v) is 1.42. The summed E-state index contributed by atoms with van der Waals surface area (Å²) in [5.74, 6) is 0. The Morgan fingerprint density at radius 1 is 1.67 bits per heavy atom. The van der Waals surface area contributed by atoms with Crippen molar-refractivity contribution in [3.63, 3.8) is 0 Å². The zero-order valence-corrected chi connectivity index (χ0v) is 7.06. The minimum absolute atomic E-state index is 0.0511. The number of amides is 1. The molecule has 3 N–H and O–H groups in total. The monoisotopic (exact) mass is 174 g/mol. The van der Waals surface area contributed by atoms with Gasteiger partial charge in [0.15, 0.2) is 0 Å². The zero-order valence-electron chi connectivity index (χ0n) is 7.06. The summed E-state index contributed by atoms with van der Waals surface area (Å²) in [6.45, 7) is 0.842. The Hall–Kier alpha value is -0.810. The normalized spacial score (nSPS) is 30.3. The summed E-state index contributed by atoms with van der Waals surface area (Å²) in [6, 6.07) is -0.0974. The zero-order chi connectivity index (χ0) is 9.14. The van der Waals surface area contributed by atoms with Crippen molar-refractivity contribution in [3.05, 3.63) is 0 Å². The van der Waals surface area contributed by atoms with Gasteiger partial charge in [-0.15, -0.1) is 0 Å². The lowest BCUT2D eigenvalue weighted by Gasteiger charge is -2.33. The van der Waals surface area contributed by atoms with Crippen LogP contribution in [-0.4, -0.2) is 48.4 Å². The standard InChI is InChI=1S/C7H14N2O3/c1-12-6-2-5(8)3-9(4-6)7(10)11/h5-6H,2-4,8H2,1H3,(H,10,11)/t5-,6+/m1/s1. The number of rotatable bonds is 1. The van der Waals surface area contributed by atoms with Gasteiger partial charge in [0.05, 0.1) is 12.6 Å². The highest BCUT2D eigenvalue weighted by atomic mass is 16.5. The topological polar surface area (TPSA) is 75.8 Å². The molecule has 0 saturated carbocycles. The average molecular weight is 174 g/mol. The fourth-order valence-electron chi connectivity index (χ4n) is 1.42. The van der Waals surface area contributed by atoms with Gasteiger partial charge in [-0.05, 0) is 6.42 Å². The van der Waals surface area contributed by atoms with E-state index >= 15 is 0 Å². The van der Waals surface area contributed by atoms with Crippen molar-refractivity contribution in [1.29, 1.82) is 0 Å². The smallest absolute Gasteiger partial charge is 0.407 e. The maximum Gasteiger partial charge on any atom is 0.407 e. The van der Waals surface area contributed by atoms with Crippen molar-refractivity contribution in [1.82, 2.24) is 4.90 Å². The third-order valence-corrected chi connectivity index (χ3v) is 2.05. The molecular formula is C7H14N2O3. The van der Waals surface area contributed by atoms with Crippen molar-refractivity contribution in [3.8, 4) is 0 Å². The highest BCUT2D eigenvalue weighted by Gasteiger charge is 2.27. The van der Waals surface area contributed by atoms with Crippen LogP contribution < -0.4 is 5.73 Å². The van der Waals surface area contributed by atoms with Crippen molar-refractivity contribution in [2.75, 3.05) is 20.2 Å². The largest absolute Gasteiger partial charge is 0.465 e. The molecule has 1 amide bonds. The maximum atomic E-state index is 10.6. The molecule has 5 heteroatoms. The molecule has 70 valence electrons. The Morgan fingerprint density at radius 2 is 2.33 bits per heavy atom. The average Bonchev–Trinajstić information content (AvgIpc) is 2.03. The first-order valence-electron chi connectivity index (χ1n) is 3.89. The van der Waals surface area contributed by atoms with Gasteiger partial charge in [-0.2, -0.15) is 0 Å². The van der Waals surface area contributed by atoms with E-state index < -0.39 is 6.09 Å². The second kappa shape index (κ2) is 3.73. The third kappa shape index (κ3) is 2.09. The lowest BCUT2D eigenvalue weighted by atomic mass is 10.0. The van der Waals surface area contributed by atoms with Crippen molar-refractivity contribution in [2.24, 2.45) is 5.73 Å². The first-order valence-corrected chi connectivity index (χ1v) is 3.89. The molecule has 0 aromatic carbocycles. The first-order chi connectivity index (χ1) is 5.63. The van der Waals surface area contributed by atoms with Gasteiger partial charge < -0.3 is 20.5 Å². The second-order valence-corrected chi connectivity index (χ2v) is 3.04. The number of carboxylic acid groups (broad SMARTS) is 1. The van der Waals surface area contributed by atoms with Crippen LogP contribution in [0.4, 0.5) is 4.79 Å². The predicted molar refractivity (Wildman–Crippen MR) is 43.0 cm³/mol. The molecule has 2 atom stereocenters. The van der Waals surface area contributed by atoms with E-state index in [0.29, 0.717) is 13.1 Å². The Kier molecular flexibility index (Phi) is 2.88. The molecule has 0 spiro atoms. The number of carbonyl (C=O) groups is 1. The van der Waals surface area contributed by atoms with Gasteiger partial charge in [0.25, 0.3) is 0 Å². The third-order valence-electron chi connectivity index (χ3n) is 2.05. The molecule has 12 heavy (non-hydrogen) atoms. The molecular weight excluding hydrogens is 160 g/mol. The molecule has 0 aliphatic carbocycles. The Balaban J connectivity index is 2.51. The molecule has 0 aromatic rings. The summed E-state index contributed by atoms with van der Waals surface area (Å²) in [5, 5.41) is 8.68. The van der Waals surface area contributed by atoms with Crippen LogP contribution in [0.15, 0.2) is 0 Å². The van der Waals surface area contributed by atoms with Crippen molar-refractivity contribution in [2.45, 2.75) is 18.6 Å². The van der Waals surface area contributed by atoms with Gasteiger partial charge in [-0.3, -0.25) is 0 Å². The number of hydrogen-bond acceptors (Lipinski definition) is 3. The van der Waals surface area contributed by atoms with Gasteiger partial charge in [-0.1, -0.05) is 0 Å². The van der Waals surface area contributed by atoms with Gasteiger partial charge in [0, 0.05) is 19.7 Å². The van der Waals surface area contributed by atoms with Gasteiger partial charge in [-0.25, -0.2) is 4.79 Å². The number of ether oxygens (including phenoxy) is 1. The van der Waals surface area contributed by atoms with Crippen LogP contribution in [-0.2, 0) is 4.74 Å². The predicted octanol–water partition coefficient (Wildman–Crippen LogP) is -0.288.